The van der Waals surface area contributed by atoms with Crippen molar-refractivity contribution in [3.63, 3.8) is 0 Å². The molecule has 1 saturated heterocycles. The molecule has 2 aromatic rings. The average Bonchev–Trinajstić information content (AvgIpc) is 3.16. The second-order valence-corrected chi connectivity index (χ2v) is 5.45. The van der Waals surface area contributed by atoms with E-state index in [4.69, 9.17) is 13.9 Å². The molecule has 1 aromatic heterocycles. The minimum Gasteiger partial charge on any atom is -0.497 e. The fourth-order valence-electron chi connectivity index (χ4n) is 3.04. The number of ether oxygens (including phenoxy) is 2. The van der Waals surface area contributed by atoms with Crippen molar-refractivity contribution < 1.29 is 13.9 Å². The lowest BCUT2D eigenvalue weighted by atomic mass is 10.0. The first-order valence-electron chi connectivity index (χ1n) is 7.46. The second-order valence-electron chi connectivity index (χ2n) is 5.45. The summed E-state index contributed by atoms with van der Waals surface area (Å²) in [5.41, 5.74) is 1.18. The van der Waals surface area contributed by atoms with Gasteiger partial charge in [0.25, 0.3) is 0 Å². The first-order valence-corrected chi connectivity index (χ1v) is 7.46. The van der Waals surface area contributed by atoms with Crippen molar-refractivity contribution in [1.82, 2.24) is 15.1 Å². The zero-order valence-corrected chi connectivity index (χ0v) is 13.2. The highest BCUT2D eigenvalue weighted by atomic mass is 16.5. The lowest BCUT2D eigenvalue weighted by Crippen LogP contribution is -2.23. The summed E-state index contributed by atoms with van der Waals surface area (Å²) < 4.78 is 16.3. The largest absolute Gasteiger partial charge is 0.497 e. The van der Waals surface area contributed by atoms with Gasteiger partial charge in [-0.3, -0.25) is 4.90 Å². The average molecular weight is 303 g/mol. The predicted octanol–water partition coefficient (Wildman–Crippen LogP) is 2.73. The number of hydrogen-bond acceptors (Lipinski definition) is 6. The quantitative estimate of drug-likeness (QED) is 0.846. The number of hydrogen-bond donors (Lipinski definition) is 0. The van der Waals surface area contributed by atoms with E-state index < -0.39 is 0 Å². The van der Waals surface area contributed by atoms with Gasteiger partial charge >= 0.3 is 0 Å². The molecule has 0 aliphatic carbocycles. The van der Waals surface area contributed by atoms with Crippen molar-refractivity contribution in [3.8, 4) is 11.5 Å². The minimum atomic E-state index is 0.299. The van der Waals surface area contributed by atoms with Crippen LogP contribution in [0, 0.1) is 6.92 Å². The van der Waals surface area contributed by atoms with Gasteiger partial charge in [-0.25, -0.2) is 0 Å². The molecule has 1 atom stereocenters. The van der Waals surface area contributed by atoms with Gasteiger partial charge in [-0.05, 0) is 25.5 Å². The fourth-order valence-corrected chi connectivity index (χ4v) is 3.04. The Morgan fingerprint density at radius 3 is 2.82 bits per heavy atom. The predicted molar refractivity (Wildman–Crippen MR) is 81.0 cm³/mol. The summed E-state index contributed by atoms with van der Waals surface area (Å²) >= 11 is 0. The van der Waals surface area contributed by atoms with Gasteiger partial charge in [0, 0.05) is 24.6 Å². The standard InChI is InChI=1S/C16H21N3O3/c1-11-17-18-16(22-11)10-19-8-4-5-14(19)13-7-6-12(20-2)9-15(13)21-3/h6-7,9,14H,4-5,8,10H2,1-3H3/t14-/m1/s1. The van der Waals surface area contributed by atoms with E-state index in [0.717, 1.165) is 30.9 Å². The molecule has 1 aliphatic rings. The Morgan fingerprint density at radius 1 is 1.27 bits per heavy atom. The normalized spacial score (nSPS) is 18.6. The van der Waals surface area contributed by atoms with Gasteiger partial charge in [0.2, 0.25) is 11.8 Å². The van der Waals surface area contributed by atoms with Crippen LogP contribution >= 0.6 is 0 Å². The highest BCUT2D eigenvalue weighted by molar-refractivity contribution is 5.42. The molecule has 22 heavy (non-hydrogen) atoms. The highest BCUT2D eigenvalue weighted by Crippen LogP contribution is 2.39. The Bertz CT molecular complexity index is 641. The van der Waals surface area contributed by atoms with Crippen LogP contribution in [0.15, 0.2) is 22.6 Å². The van der Waals surface area contributed by atoms with E-state index in [9.17, 15) is 0 Å². The molecule has 1 aliphatic heterocycles. The Hall–Kier alpha value is -2.08. The monoisotopic (exact) mass is 303 g/mol. The summed E-state index contributed by atoms with van der Waals surface area (Å²) in [4.78, 5) is 2.36. The van der Waals surface area contributed by atoms with Gasteiger partial charge in [-0.15, -0.1) is 10.2 Å². The third kappa shape index (κ3) is 2.92. The first-order chi connectivity index (χ1) is 10.7. The molecule has 0 unspecified atom stereocenters. The number of likely N-dealkylation sites (tertiary alicyclic amines) is 1. The zero-order valence-electron chi connectivity index (χ0n) is 13.2. The summed E-state index contributed by atoms with van der Waals surface area (Å²) in [7, 11) is 3.35. The number of rotatable bonds is 5. The molecule has 3 rings (SSSR count). The van der Waals surface area contributed by atoms with Gasteiger partial charge in [0.05, 0.1) is 20.8 Å². The molecular weight excluding hydrogens is 282 g/mol. The van der Waals surface area contributed by atoms with Crippen molar-refractivity contribution in [2.75, 3.05) is 20.8 Å². The molecule has 0 saturated carbocycles. The van der Waals surface area contributed by atoms with Crippen molar-refractivity contribution in [2.24, 2.45) is 0 Å². The summed E-state index contributed by atoms with van der Waals surface area (Å²) in [5.74, 6) is 2.93. The molecule has 0 radical (unpaired) electrons. The fraction of sp³-hybridized carbons (Fsp3) is 0.500. The second kappa shape index (κ2) is 6.36. The van der Waals surface area contributed by atoms with Crippen molar-refractivity contribution in [1.29, 1.82) is 0 Å². The van der Waals surface area contributed by atoms with Gasteiger partial charge in [-0.2, -0.15) is 0 Å². The van der Waals surface area contributed by atoms with Crippen LogP contribution in [0.5, 0.6) is 11.5 Å². The maximum atomic E-state index is 5.54. The van der Waals surface area contributed by atoms with Crippen LogP contribution in [0.4, 0.5) is 0 Å². The number of benzene rings is 1. The molecule has 0 amide bonds. The van der Waals surface area contributed by atoms with Crippen LogP contribution < -0.4 is 9.47 Å². The molecule has 118 valence electrons. The summed E-state index contributed by atoms with van der Waals surface area (Å²) in [5, 5.41) is 8.00. The van der Waals surface area contributed by atoms with E-state index in [1.54, 1.807) is 14.2 Å². The number of nitrogens with zero attached hydrogens (tertiary/aromatic N) is 3. The van der Waals surface area contributed by atoms with Crippen molar-refractivity contribution >= 4 is 0 Å². The summed E-state index contributed by atoms with van der Waals surface area (Å²) in [6.07, 6.45) is 2.24. The maximum absolute atomic E-state index is 5.54. The molecule has 6 heteroatoms. The third-order valence-corrected chi connectivity index (χ3v) is 4.07. The topological polar surface area (TPSA) is 60.6 Å². The third-order valence-electron chi connectivity index (χ3n) is 4.07. The number of methoxy groups -OCH3 is 2. The van der Waals surface area contributed by atoms with Crippen molar-refractivity contribution in [2.45, 2.75) is 32.4 Å². The van der Waals surface area contributed by atoms with E-state index in [-0.39, 0.29) is 0 Å². The number of aromatic nitrogens is 2. The van der Waals surface area contributed by atoms with Crippen molar-refractivity contribution in [3.05, 3.63) is 35.5 Å². The SMILES string of the molecule is COc1ccc([C@H]2CCCN2Cc2nnc(C)o2)c(OC)c1. The van der Waals surface area contributed by atoms with Gasteiger partial charge in [-0.1, -0.05) is 6.07 Å². The van der Waals surface area contributed by atoms with Crippen LogP contribution in [0.3, 0.4) is 0 Å². The molecule has 0 spiro atoms. The molecule has 2 heterocycles. The number of aryl methyl sites for hydroxylation is 1. The lowest BCUT2D eigenvalue weighted by Gasteiger charge is -2.25. The maximum Gasteiger partial charge on any atom is 0.230 e. The summed E-state index contributed by atoms with van der Waals surface area (Å²) in [6.45, 7) is 3.49. The summed E-state index contributed by atoms with van der Waals surface area (Å²) in [6, 6.07) is 6.29. The van der Waals surface area contributed by atoms with E-state index in [1.807, 2.05) is 19.1 Å². The Kier molecular flexibility index (Phi) is 4.29. The van der Waals surface area contributed by atoms with Crippen LogP contribution in [0.25, 0.3) is 0 Å². The van der Waals surface area contributed by atoms with Crippen LogP contribution in [0.1, 0.15) is 36.2 Å². The van der Waals surface area contributed by atoms with E-state index >= 15 is 0 Å². The van der Waals surface area contributed by atoms with Gasteiger partial charge < -0.3 is 13.9 Å². The van der Waals surface area contributed by atoms with Crippen LogP contribution in [-0.4, -0.2) is 35.9 Å². The van der Waals surface area contributed by atoms with E-state index in [1.165, 1.54) is 5.56 Å². The van der Waals surface area contributed by atoms with Gasteiger partial charge in [0.1, 0.15) is 11.5 Å². The highest BCUT2D eigenvalue weighted by Gasteiger charge is 2.29. The zero-order chi connectivity index (χ0) is 15.5. The molecule has 0 N–H and O–H groups in total. The molecule has 6 nitrogen and oxygen atoms in total. The lowest BCUT2D eigenvalue weighted by molar-refractivity contribution is 0.218. The van der Waals surface area contributed by atoms with E-state index in [2.05, 4.69) is 21.2 Å². The minimum absolute atomic E-state index is 0.299. The van der Waals surface area contributed by atoms with E-state index in [0.29, 0.717) is 24.4 Å². The molecule has 1 aromatic carbocycles. The molecule has 1 fully saturated rings. The molecular formula is C16H21N3O3. The Labute approximate surface area is 130 Å². The van der Waals surface area contributed by atoms with Gasteiger partial charge in [0.15, 0.2) is 0 Å². The van der Waals surface area contributed by atoms with Crippen LogP contribution in [-0.2, 0) is 6.54 Å². The first kappa shape index (κ1) is 14.8. The molecule has 0 bridgehead atoms. The Balaban J connectivity index is 1.83. The Morgan fingerprint density at radius 2 is 2.14 bits per heavy atom. The van der Waals surface area contributed by atoms with Crippen LogP contribution in [0.2, 0.25) is 0 Å². The smallest absolute Gasteiger partial charge is 0.230 e.